The molecule has 0 amide bonds. The fourth-order valence-corrected chi connectivity index (χ4v) is 2.67. The maximum absolute atomic E-state index is 14.0. The second-order valence-corrected chi connectivity index (χ2v) is 6.48. The average molecular weight is 278 g/mol. The quantitative estimate of drug-likeness (QED) is 0.881. The highest BCUT2D eigenvalue weighted by atomic mass is 19.1. The third kappa shape index (κ3) is 4.20. The van der Waals surface area contributed by atoms with Crippen LogP contribution in [0.4, 0.5) is 10.1 Å². The van der Waals surface area contributed by atoms with E-state index in [0.717, 1.165) is 50.6 Å². The van der Waals surface area contributed by atoms with Gasteiger partial charge in [0.25, 0.3) is 0 Å². The monoisotopic (exact) mass is 278 g/mol. The summed E-state index contributed by atoms with van der Waals surface area (Å²) < 4.78 is 14.0. The first-order chi connectivity index (χ1) is 9.56. The summed E-state index contributed by atoms with van der Waals surface area (Å²) in [7, 11) is 0. The van der Waals surface area contributed by atoms with Gasteiger partial charge in [-0.1, -0.05) is 26.8 Å². The predicted octanol–water partition coefficient (Wildman–Crippen LogP) is 3.81. The molecule has 0 bridgehead atoms. The Kier molecular flexibility index (Phi) is 5.41. The van der Waals surface area contributed by atoms with Gasteiger partial charge in [0.05, 0.1) is 5.69 Å². The molecular weight excluding hydrogens is 251 g/mol. The van der Waals surface area contributed by atoms with Crippen LogP contribution >= 0.6 is 0 Å². The number of nitrogens with zero attached hydrogens (tertiary/aromatic N) is 1. The Morgan fingerprint density at radius 2 is 2.00 bits per heavy atom. The molecule has 1 aliphatic rings. The van der Waals surface area contributed by atoms with E-state index in [1.54, 1.807) is 6.07 Å². The summed E-state index contributed by atoms with van der Waals surface area (Å²) >= 11 is 0. The summed E-state index contributed by atoms with van der Waals surface area (Å²) in [6.45, 7) is 10.4. The second kappa shape index (κ2) is 7.07. The zero-order chi connectivity index (χ0) is 14.5. The van der Waals surface area contributed by atoms with E-state index in [0.29, 0.717) is 5.92 Å². The van der Waals surface area contributed by atoms with E-state index in [-0.39, 0.29) is 5.82 Å². The zero-order valence-electron chi connectivity index (χ0n) is 13.0. The van der Waals surface area contributed by atoms with E-state index < -0.39 is 0 Å². The number of piperidine rings is 1. The van der Waals surface area contributed by atoms with Gasteiger partial charge in [-0.3, -0.25) is 0 Å². The smallest absolute Gasteiger partial charge is 0.146 e. The molecule has 1 fully saturated rings. The van der Waals surface area contributed by atoms with Crippen molar-refractivity contribution in [3.63, 3.8) is 0 Å². The first-order valence-corrected chi connectivity index (χ1v) is 7.80. The lowest BCUT2D eigenvalue weighted by molar-refractivity contribution is 0.434. The average Bonchev–Trinajstić information content (AvgIpc) is 2.41. The molecule has 0 atom stereocenters. The van der Waals surface area contributed by atoms with Gasteiger partial charge < -0.3 is 10.2 Å². The third-order valence-corrected chi connectivity index (χ3v) is 4.02. The maximum Gasteiger partial charge on any atom is 0.146 e. The van der Waals surface area contributed by atoms with Crippen LogP contribution in [0.15, 0.2) is 18.2 Å². The fourth-order valence-electron chi connectivity index (χ4n) is 2.67. The van der Waals surface area contributed by atoms with Gasteiger partial charge in [0.2, 0.25) is 0 Å². The van der Waals surface area contributed by atoms with Crippen LogP contribution < -0.4 is 10.2 Å². The molecule has 2 nitrogen and oxygen atoms in total. The number of anilines is 1. The van der Waals surface area contributed by atoms with Crippen LogP contribution in [-0.4, -0.2) is 19.6 Å². The van der Waals surface area contributed by atoms with Gasteiger partial charge in [-0.15, -0.1) is 0 Å². The molecule has 0 spiro atoms. The molecule has 0 aliphatic carbocycles. The van der Waals surface area contributed by atoms with E-state index in [4.69, 9.17) is 0 Å². The van der Waals surface area contributed by atoms with E-state index in [2.05, 4.69) is 31.0 Å². The summed E-state index contributed by atoms with van der Waals surface area (Å²) in [5.41, 5.74) is 1.95. The Hall–Kier alpha value is -1.09. The Balaban J connectivity index is 2.01. The van der Waals surface area contributed by atoms with E-state index >= 15 is 0 Å². The first kappa shape index (κ1) is 15.3. The van der Waals surface area contributed by atoms with Gasteiger partial charge in [0.15, 0.2) is 0 Å². The number of nitrogens with one attached hydrogen (secondary N) is 1. The second-order valence-electron chi connectivity index (χ2n) is 6.48. The van der Waals surface area contributed by atoms with Crippen molar-refractivity contribution in [2.24, 2.45) is 11.8 Å². The Labute approximate surface area is 122 Å². The van der Waals surface area contributed by atoms with Crippen molar-refractivity contribution >= 4 is 5.69 Å². The number of hydrogen-bond donors (Lipinski definition) is 1. The largest absolute Gasteiger partial charge is 0.369 e. The summed E-state index contributed by atoms with van der Waals surface area (Å²) in [6.07, 6.45) is 2.32. The molecule has 0 radical (unpaired) electrons. The zero-order valence-corrected chi connectivity index (χ0v) is 13.0. The normalized spacial score (nSPS) is 16.9. The summed E-state index contributed by atoms with van der Waals surface area (Å²) in [4.78, 5) is 2.20. The van der Waals surface area contributed by atoms with Crippen LogP contribution in [0.5, 0.6) is 0 Å². The lowest BCUT2D eigenvalue weighted by Gasteiger charge is -2.32. The molecule has 0 unspecified atom stereocenters. The van der Waals surface area contributed by atoms with Gasteiger partial charge in [-0.05, 0) is 48.9 Å². The molecule has 1 N–H and O–H groups in total. The molecule has 0 saturated carbocycles. The van der Waals surface area contributed by atoms with E-state index in [9.17, 15) is 4.39 Å². The molecule has 1 heterocycles. The molecule has 1 aliphatic heterocycles. The number of rotatable bonds is 5. The predicted molar refractivity (Wildman–Crippen MR) is 83.6 cm³/mol. The fraction of sp³-hybridized carbons (Fsp3) is 0.647. The summed E-state index contributed by atoms with van der Waals surface area (Å²) in [5.74, 6) is 1.32. The molecule has 1 aromatic carbocycles. The van der Waals surface area contributed by atoms with Crippen molar-refractivity contribution < 1.29 is 4.39 Å². The highest BCUT2D eigenvalue weighted by Crippen LogP contribution is 2.26. The van der Waals surface area contributed by atoms with Crippen LogP contribution in [-0.2, 0) is 6.54 Å². The Morgan fingerprint density at radius 1 is 1.30 bits per heavy atom. The summed E-state index contributed by atoms with van der Waals surface area (Å²) in [5, 5.41) is 3.42. The minimum absolute atomic E-state index is 0.0906. The van der Waals surface area contributed by atoms with Crippen molar-refractivity contribution in [2.75, 3.05) is 24.5 Å². The maximum atomic E-state index is 14.0. The molecule has 20 heavy (non-hydrogen) atoms. The van der Waals surface area contributed by atoms with Gasteiger partial charge >= 0.3 is 0 Å². The topological polar surface area (TPSA) is 15.3 Å². The van der Waals surface area contributed by atoms with Crippen LogP contribution in [0.2, 0.25) is 0 Å². The van der Waals surface area contributed by atoms with E-state index in [1.165, 1.54) is 5.56 Å². The molecule has 1 saturated heterocycles. The lowest BCUT2D eigenvalue weighted by atomic mass is 9.98. The van der Waals surface area contributed by atoms with Crippen molar-refractivity contribution in [3.05, 3.63) is 29.6 Å². The van der Waals surface area contributed by atoms with Crippen molar-refractivity contribution in [3.8, 4) is 0 Å². The van der Waals surface area contributed by atoms with Crippen molar-refractivity contribution in [1.82, 2.24) is 5.32 Å². The summed E-state index contributed by atoms with van der Waals surface area (Å²) in [6, 6.07) is 5.51. The highest BCUT2D eigenvalue weighted by Gasteiger charge is 2.18. The number of hydrogen-bond acceptors (Lipinski definition) is 2. The Bertz CT molecular complexity index is 423. The molecule has 1 aromatic rings. The molecule has 3 heteroatoms. The lowest BCUT2D eigenvalue weighted by Crippen LogP contribution is -2.33. The molecule has 0 aromatic heterocycles. The van der Waals surface area contributed by atoms with Gasteiger partial charge in [0, 0.05) is 19.6 Å². The van der Waals surface area contributed by atoms with Gasteiger partial charge in [-0.25, -0.2) is 4.39 Å². The van der Waals surface area contributed by atoms with Gasteiger partial charge in [-0.2, -0.15) is 0 Å². The third-order valence-electron chi connectivity index (χ3n) is 4.02. The van der Waals surface area contributed by atoms with E-state index in [1.807, 2.05) is 12.1 Å². The highest BCUT2D eigenvalue weighted by molar-refractivity contribution is 5.50. The molecule has 2 rings (SSSR count). The van der Waals surface area contributed by atoms with Crippen LogP contribution in [0.25, 0.3) is 0 Å². The van der Waals surface area contributed by atoms with Crippen molar-refractivity contribution in [2.45, 2.75) is 40.2 Å². The molecule has 112 valence electrons. The first-order valence-electron chi connectivity index (χ1n) is 7.80. The molecular formula is C17H27FN2. The van der Waals surface area contributed by atoms with Crippen LogP contribution in [0, 0.1) is 17.7 Å². The van der Waals surface area contributed by atoms with Crippen LogP contribution in [0.1, 0.15) is 39.2 Å². The number of benzene rings is 1. The van der Waals surface area contributed by atoms with Crippen LogP contribution in [0.3, 0.4) is 0 Å². The van der Waals surface area contributed by atoms with Gasteiger partial charge in [0.1, 0.15) is 5.82 Å². The number of halogens is 1. The SMILES string of the molecule is CC(C)CNCc1ccc(F)c(N2CCC(C)CC2)c1. The Morgan fingerprint density at radius 3 is 2.65 bits per heavy atom. The van der Waals surface area contributed by atoms with Crippen molar-refractivity contribution in [1.29, 1.82) is 0 Å². The minimum Gasteiger partial charge on any atom is -0.369 e. The minimum atomic E-state index is -0.0906. The standard InChI is InChI=1S/C17H27FN2/c1-13(2)11-19-12-15-4-5-16(18)17(10-15)20-8-6-14(3)7-9-20/h4-5,10,13-14,19H,6-9,11-12H2,1-3H3.